The zero-order valence-electron chi connectivity index (χ0n) is 15.3. The van der Waals surface area contributed by atoms with E-state index in [1.807, 2.05) is 13.8 Å². The van der Waals surface area contributed by atoms with Crippen molar-refractivity contribution in [1.29, 1.82) is 0 Å². The number of fused-ring (bicyclic) bond motifs is 1. The largest absolute Gasteiger partial charge is 0.462 e. The standard InChI is InChI=1S/C19H25N3O2S/c1-5-21(6-2)15-10-8-14(9-11-15)16-12-22-13(4)17(18(23)24-7-3)25-19(22)20-16/h8-11,16H,5-7,12H2,1-4H3. The second-order valence-electron chi connectivity index (χ2n) is 6.04. The summed E-state index contributed by atoms with van der Waals surface area (Å²) in [6.45, 7) is 11.3. The third-order valence-corrected chi connectivity index (χ3v) is 5.82. The molecule has 0 saturated heterocycles. The van der Waals surface area contributed by atoms with Gasteiger partial charge in [-0.3, -0.25) is 4.99 Å². The van der Waals surface area contributed by atoms with Crippen molar-refractivity contribution in [2.24, 2.45) is 4.99 Å². The van der Waals surface area contributed by atoms with Gasteiger partial charge < -0.3 is 14.5 Å². The molecular formula is C19H25N3O2S. The number of ether oxygens (including phenoxy) is 1. The molecule has 0 N–H and O–H groups in total. The Balaban J connectivity index is 1.72. The van der Waals surface area contributed by atoms with Gasteiger partial charge in [0.25, 0.3) is 0 Å². The van der Waals surface area contributed by atoms with Gasteiger partial charge in [-0.1, -0.05) is 12.1 Å². The quantitative estimate of drug-likeness (QED) is 0.723. The van der Waals surface area contributed by atoms with Crippen LogP contribution in [0.3, 0.4) is 0 Å². The van der Waals surface area contributed by atoms with Gasteiger partial charge in [-0.15, -0.1) is 0 Å². The van der Waals surface area contributed by atoms with E-state index in [9.17, 15) is 4.79 Å². The van der Waals surface area contributed by atoms with Gasteiger partial charge in [0.05, 0.1) is 19.2 Å². The molecule has 5 nitrogen and oxygen atoms in total. The van der Waals surface area contributed by atoms with Crippen LogP contribution in [-0.2, 0) is 9.53 Å². The molecule has 25 heavy (non-hydrogen) atoms. The van der Waals surface area contributed by atoms with Crippen LogP contribution in [0.25, 0.3) is 0 Å². The number of rotatable bonds is 6. The first kappa shape index (κ1) is 17.9. The van der Waals surface area contributed by atoms with Gasteiger partial charge in [0.2, 0.25) is 0 Å². The second-order valence-corrected chi connectivity index (χ2v) is 7.02. The molecule has 0 saturated carbocycles. The van der Waals surface area contributed by atoms with Crippen LogP contribution >= 0.6 is 11.8 Å². The summed E-state index contributed by atoms with van der Waals surface area (Å²) in [7, 11) is 0. The third-order valence-electron chi connectivity index (χ3n) is 4.65. The Labute approximate surface area is 153 Å². The molecule has 1 unspecified atom stereocenters. The summed E-state index contributed by atoms with van der Waals surface area (Å²) in [5.41, 5.74) is 3.41. The number of amidine groups is 1. The number of carbonyl (C=O) groups excluding carboxylic acids is 1. The highest BCUT2D eigenvalue weighted by Gasteiger charge is 2.37. The third kappa shape index (κ3) is 3.40. The molecule has 1 aromatic rings. The van der Waals surface area contributed by atoms with E-state index >= 15 is 0 Å². The van der Waals surface area contributed by atoms with Crippen molar-refractivity contribution in [1.82, 2.24) is 4.90 Å². The van der Waals surface area contributed by atoms with Crippen molar-refractivity contribution in [2.75, 3.05) is 31.1 Å². The van der Waals surface area contributed by atoms with E-state index in [-0.39, 0.29) is 12.0 Å². The second kappa shape index (κ2) is 7.52. The lowest BCUT2D eigenvalue weighted by atomic mass is 10.1. The first-order valence-corrected chi connectivity index (χ1v) is 9.66. The van der Waals surface area contributed by atoms with Crippen molar-refractivity contribution < 1.29 is 9.53 Å². The van der Waals surface area contributed by atoms with Crippen LogP contribution in [0.2, 0.25) is 0 Å². The molecule has 134 valence electrons. The van der Waals surface area contributed by atoms with Gasteiger partial charge in [-0.05, 0) is 57.2 Å². The van der Waals surface area contributed by atoms with Gasteiger partial charge >= 0.3 is 5.97 Å². The number of thioether (sulfide) groups is 1. The van der Waals surface area contributed by atoms with E-state index in [0.29, 0.717) is 11.5 Å². The number of benzene rings is 1. The van der Waals surface area contributed by atoms with Crippen molar-refractivity contribution in [2.45, 2.75) is 33.7 Å². The molecule has 0 aromatic heterocycles. The summed E-state index contributed by atoms with van der Waals surface area (Å²) in [5, 5.41) is 0.901. The van der Waals surface area contributed by atoms with E-state index in [4.69, 9.17) is 9.73 Å². The van der Waals surface area contributed by atoms with Gasteiger partial charge in [0.15, 0.2) is 5.17 Å². The fourth-order valence-corrected chi connectivity index (χ4v) is 4.29. The Morgan fingerprint density at radius 3 is 2.52 bits per heavy atom. The SMILES string of the molecule is CCOC(=O)C1=C(C)N2CC(c3ccc(N(CC)CC)cc3)N=C2S1. The lowest BCUT2D eigenvalue weighted by Crippen LogP contribution is -2.22. The summed E-state index contributed by atoms with van der Waals surface area (Å²) in [6.07, 6.45) is 0. The van der Waals surface area contributed by atoms with Gasteiger partial charge in [-0.2, -0.15) is 0 Å². The zero-order valence-corrected chi connectivity index (χ0v) is 16.1. The highest BCUT2D eigenvalue weighted by Crippen LogP contribution is 2.41. The van der Waals surface area contributed by atoms with E-state index in [2.05, 4.69) is 47.9 Å². The van der Waals surface area contributed by atoms with Crippen LogP contribution in [0.1, 0.15) is 39.3 Å². The summed E-state index contributed by atoms with van der Waals surface area (Å²) in [5.74, 6) is -0.248. The van der Waals surface area contributed by atoms with E-state index in [0.717, 1.165) is 30.5 Å². The molecule has 2 heterocycles. The molecule has 1 aromatic carbocycles. The monoisotopic (exact) mass is 359 g/mol. The number of allylic oxidation sites excluding steroid dienone is 1. The highest BCUT2D eigenvalue weighted by molar-refractivity contribution is 8.18. The predicted octanol–water partition coefficient (Wildman–Crippen LogP) is 3.79. The van der Waals surface area contributed by atoms with E-state index in [1.54, 1.807) is 0 Å². The maximum atomic E-state index is 12.0. The molecule has 0 radical (unpaired) electrons. The van der Waals surface area contributed by atoms with Crippen molar-refractivity contribution >= 4 is 28.6 Å². The van der Waals surface area contributed by atoms with Gasteiger partial charge in [0.1, 0.15) is 4.91 Å². The number of esters is 1. The number of hydrogen-bond donors (Lipinski definition) is 0. The lowest BCUT2D eigenvalue weighted by Gasteiger charge is -2.21. The molecule has 2 aliphatic rings. The minimum Gasteiger partial charge on any atom is -0.462 e. The molecule has 0 aliphatic carbocycles. The Bertz CT molecular complexity index is 708. The topological polar surface area (TPSA) is 45.1 Å². The summed E-state index contributed by atoms with van der Waals surface area (Å²) in [6, 6.07) is 8.80. The number of carbonyl (C=O) groups is 1. The average molecular weight is 359 g/mol. The molecule has 6 heteroatoms. The maximum Gasteiger partial charge on any atom is 0.346 e. The smallest absolute Gasteiger partial charge is 0.346 e. The van der Waals surface area contributed by atoms with Crippen LogP contribution in [0.15, 0.2) is 39.9 Å². The molecule has 0 amide bonds. The molecule has 0 fully saturated rings. The van der Waals surface area contributed by atoms with Crippen molar-refractivity contribution in [3.8, 4) is 0 Å². The average Bonchev–Trinajstić information content (AvgIpc) is 3.17. The highest BCUT2D eigenvalue weighted by atomic mass is 32.2. The molecule has 0 spiro atoms. The fraction of sp³-hybridized carbons (Fsp3) is 0.474. The maximum absolute atomic E-state index is 12.0. The summed E-state index contributed by atoms with van der Waals surface area (Å²) in [4.78, 5) is 21.9. The van der Waals surface area contributed by atoms with Gasteiger partial charge in [0, 0.05) is 24.5 Å². The molecule has 1 atom stereocenters. The number of anilines is 1. The normalized spacial score (nSPS) is 19.1. The van der Waals surface area contributed by atoms with Crippen LogP contribution in [0.4, 0.5) is 5.69 Å². The molecule has 0 bridgehead atoms. The van der Waals surface area contributed by atoms with Crippen LogP contribution in [0, 0.1) is 0 Å². The minimum atomic E-state index is -0.248. The van der Waals surface area contributed by atoms with Crippen molar-refractivity contribution in [3.05, 3.63) is 40.4 Å². The number of nitrogens with zero attached hydrogens (tertiary/aromatic N) is 3. The van der Waals surface area contributed by atoms with Crippen molar-refractivity contribution in [3.63, 3.8) is 0 Å². The zero-order chi connectivity index (χ0) is 18.0. The summed E-state index contributed by atoms with van der Waals surface area (Å²) < 4.78 is 5.13. The predicted molar refractivity (Wildman–Crippen MR) is 104 cm³/mol. The first-order valence-electron chi connectivity index (χ1n) is 8.85. The number of aliphatic imine (C=N–C) groups is 1. The fourth-order valence-electron chi connectivity index (χ4n) is 3.21. The minimum absolute atomic E-state index is 0.118. The molecular weight excluding hydrogens is 334 g/mol. The van der Waals surface area contributed by atoms with Crippen LogP contribution < -0.4 is 4.90 Å². The van der Waals surface area contributed by atoms with Gasteiger partial charge in [-0.25, -0.2) is 4.79 Å². The van der Waals surface area contributed by atoms with Crippen LogP contribution in [-0.4, -0.2) is 42.3 Å². The van der Waals surface area contributed by atoms with Crippen LogP contribution in [0.5, 0.6) is 0 Å². The number of hydrogen-bond acceptors (Lipinski definition) is 6. The lowest BCUT2D eigenvalue weighted by molar-refractivity contribution is -0.137. The Morgan fingerprint density at radius 1 is 1.28 bits per heavy atom. The molecule has 2 aliphatic heterocycles. The Morgan fingerprint density at radius 2 is 1.96 bits per heavy atom. The van der Waals surface area contributed by atoms with E-state index < -0.39 is 0 Å². The Hall–Kier alpha value is -1.95. The van der Waals surface area contributed by atoms with E-state index in [1.165, 1.54) is 23.0 Å². The molecule has 3 rings (SSSR count). The Kier molecular flexibility index (Phi) is 5.37. The summed E-state index contributed by atoms with van der Waals surface area (Å²) >= 11 is 1.42. The first-order chi connectivity index (χ1) is 12.1.